The number of hydrogen-bond donors (Lipinski definition) is 1. The summed E-state index contributed by atoms with van der Waals surface area (Å²) in [5.41, 5.74) is 0.908. The summed E-state index contributed by atoms with van der Waals surface area (Å²) in [6, 6.07) is 5.94. The van der Waals surface area contributed by atoms with Crippen molar-refractivity contribution in [2.45, 2.75) is 33.2 Å². The summed E-state index contributed by atoms with van der Waals surface area (Å²) >= 11 is 0. The molecule has 2 rings (SSSR count). The van der Waals surface area contributed by atoms with Crippen molar-refractivity contribution in [2.75, 3.05) is 6.54 Å². The average Bonchev–Trinajstić information content (AvgIpc) is 2.73. The van der Waals surface area contributed by atoms with Crippen LogP contribution in [0.1, 0.15) is 32.5 Å². The molecular formula is C13H20N4. The molecule has 0 saturated heterocycles. The Labute approximate surface area is 102 Å². The van der Waals surface area contributed by atoms with Crippen LogP contribution in [0.15, 0.2) is 24.4 Å². The molecule has 2 heterocycles. The summed E-state index contributed by atoms with van der Waals surface area (Å²) in [6.45, 7) is 6.32. The van der Waals surface area contributed by atoms with Gasteiger partial charge in [-0.25, -0.2) is 0 Å². The number of rotatable bonds is 6. The fourth-order valence-corrected chi connectivity index (χ4v) is 2.04. The van der Waals surface area contributed by atoms with Gasteiger partial charge in [0.15, 0.2) is 11.5 Å². The van der Waals surface area contributed by atoms with Gasteiger partial charge in [-0.1, -0.05) is 26.3 Å². The first-order chi connectivity index (χ1) is 8.31. The summed E-state index contributed by atoms with van der Waals surface area (Å²) in [4.78, 5) is 0. The molecule has 4 heteroatoms. The minimum absolute atomic E-state index is 0.721. The largest absolute Gasteiger partial charge is 0.310 e. The Morgan fingerprint density at radius 1 is 1.35 bits per heavy atom. The van der Waals surface area contributed by atoms with E-state index in [9.17, 15) is 0 Å². The van der Waals surface area contributed by atoms with Crippen molar-refractivity contribution in [1.29, 1.82) is 0 Å². The van der Waals surface area contributed by atoms with E-state index in [4.69, 9.17) is 0 Å². The zero-order valence-corrected chi connectivity index (χ0v) is 10.6. The molecule has 0 saturated carbocycles. The Balaban J connectivity index is 1.91. The second kappa shape index (κ2) is 5.77. The van der Waals surface area contributed by atoms with Crippen LogP contribution in [-0.4, -0.2) is 21.1 Å². The van der Waals surface area contributed by atoms with Crippen LogP contribution in [0.4, 0.5) is 0 Å². The SMILES string of the molecule is CCC[C@H](C)CNCc1nnc2ccccn12. The lowest BCUT2D eigenvalue weighted by molar-refractivity contribution is 0.471. The van der Waals surface area contributed by atoms with Crippen LogP contribution >= 0.6 is 0 Å². The predicted molar refractivity (Wildman–Crippen MR) is 68.8 cm³/mol. The van der Waals surface area contributed by atoms with E-state index in [2.05, 4.69) is 29.4 Å². The summed E-state index contributed by atoms with van der Waals surface area (Å²) in [7, 11) is 0. The Morgan fingerprint density at radius 3 is 3.06 bits per heavy atom. The lowest BCUT2D eigenvalue weighted by Gasteiger charge is -2.10. The van der Waals surface area contributed by atoms with E-state index < -0.39 is 0 Å². The quantitative estimate of drug-likeness (QED) is 0.830. The maximum Gasteiger partial charge on any atom is 0.160 e. The molecule has 0 radical (unpaired) electrons. The van der Waals surface area contributed by atoms with Crippen molar-refractivity contribution in [3.8, 4) is 0 Å². The maximum absolute atomic E-state index is 4.19. The van der Waals surface area contributed by atoms with Crippen LogP contribution in [-0.2, 0) is 6.54 Å². The highest BCUT2D eigenvalue weighted by atomic mass is 15.3. The topological polar surface area (TPSA) is 42.2 Å². The van der Waals surface area contributed by atoms with Gasteiger partial charge in [0.25, 0.3) is 0 Å². The van der Waals surface area contributed by atoms with Gasteiger partial charge in [-0.05, 0) is 31.0 Å². The highest BCUT2D eigenvalue weighted by molar-refractivity contribution is 5.36. The van der Waals surface area contributed by atoms with E-state index in [-0.39, 0.29) is 0 Å². The van der Waals surface area contributed by atoms with Gasteiger partial charge < -0.3 is 5.32 Å². The minimum Gasteiger partial charge on any atom is -0.310 e. The smallest absolute Gasteiger partial charge is 0.160 e. The Bertz CT molecular complexity index is 463. The zero-order valence-electron chi connectivity index (χ0n) is 10.6. The molecule has 0 aromatic carbocycles. The molecule has 0 bridgehead atoms. The minimum atomic E-state index is 0.721. The van der Waals surface area contributed by atoms with Gasteiger partial charge in [0, 0.05) is 6.20 Å². The van der Waals surface area contributed by atoms with Crippen LogP contribution in [0.2, 0.25) is 0 Å². The highest BCUT2D eigenvalue weighted by Crippen LogP contribution is 2.05. The van der Waals surface area contributed by atoms with E-state index in [1.54, 1.807) is 0 Å². The molecule has 2 aromatic heterocycles. The molecule has 0 fully saturated rings. The Kier molecular flexibility index (Phi) is 4.09. The maximum atomic E-state index is 4.19. The molecule has 1 atom stereocenters. The lowest BCUT2D eigenvalue weighted by Crippen LogP contribution is -2.21. The zero-order chi connectivity index (χ0) is 12.1. The number of pyridine rings is 1. The molecule has 4 nitrogen and oxygen atoms in total. The van der Waals surface area contributed by atoms with Gasteiger partial charge in [0.2, 0.25) is 0 Å². The molecule has 0 aliphatic carbocycles. The number of hydrogen-bond acceptors (Lipinski definition) is 3. The number of fused-ring (bicyclic) bond motifs is 1. The second-order valence-electron chi connectivity index (χ2n) is 4.57. The molecule has 92 valence electrons. The number of nitrogens with zero attached hydrogens (tertiary/aromatic N) is 3. The second-order valence-corrected chi connectivity index (χ2v) is 4.57. The van der Waals surface area contributed by atoms with Crippen molar-refractivity contribution in [3.05, 3.63) is 30.2 Å². The molecule has 1 N–H and O–H groups in total. The molecule has 0 aliphatic rings. The molecule has 0 spiro atoms. The van der Waals surface area contributed by atoms with Gasteiger partial charge in [-0.15, -0.1) is 10.2 Å². The van der Waals surface area contributed by atoms with Crippen molar-refractivity contribution in [1.82, 2.24) is 19.9 Å². The monoisotopic (exact) mass is 232 g/mol. The van der Waals surface area contributed by atoms with Crippen LogP contribution in [0, 0.1) is 5.92 Å². The van der Waals surface area contributed by atoms with Crippen LogP contribution in [0.25, 0.3) is 5.65 Å². The summed E-state index contributed by atoms with van der Waals surface area (Å²) in [5.74, 6) is 1.70. The fourth-order valence-electron chi connectivity index (χ4n) is 2.04. The van der Waals surface area contributed by atoms with Crippen molar-refractivity contribution in [2.24, 2.45) is 5.92 Å². The Morgan fingerprint density at radius 2 is 2.24 bits per heavy atom. The van der Waals surface area contributed by atoms with E-state index in [1.165, 1.54) is 12.8 Å². The van der Waals surface area contributed by atoms with E-state index in [0.29, 0.717) is 0 Å². The molecule has 0 amide bonds. The fraction of sp³-hybridized carbons (Fsp3) is 0.538. The highest BCUT2D eigenvalue weighted by Gasteiger charge is 2.05. The van der Waals surface area contributed by atoms with Crippen LogP contribution in [0.3, 0.4) is 0 Å². The summed E-state index contributed by atoms with van der Waals surface area (Å²) in [6.07, 6.45) is 4.52. The van der Waals surface area contributed by atoms with Crippen molar-refractivity contribution < 1.29 is 0 Å². The average molecular weight is 232 g/mol. The summed E-state index contributed by atoms with van der Waals surface area (Å²) < 4.78 is 2.03. The van der Waals surface area contributed by atoms with Gasteiger partial charge in [-0.2, -0.15) is 0 Å². The van der Waals surface area contributed by atoms with Crippen molar-refractivity contribution >= 4 is 5.65 Å². The van der Waals surface area contributed by atoms with E-state index >= 15 is 0 Å². The van der Waals surface area contributed by atoms with E-state index in [1.807, 2.05) is 28.8 Å². The molecule has 0 unspecified atom stereocenters. The Hall–Kier alpha value is -1.42. The molecule has 0 aliphatic heterocycles. The van der Waals surface area contributed by atoms with Crippen molar-refractivity contribution in [3.63, 3.8) is 0 Å². The normalized spacial score (nSPS) is 13.1. The van der Waals surface area contributed by atoms with Gasteiger partial charge in [0.05, 0.1) is 6.54 Å². The first kappa shape index (κ1) is 12.0. The van der Waals surface area contributed by atoms with Gasteiger partial charge in [-0.3, -0.25) is 4.40 Å². The number of nitrogens with one attached hydrogen (secondary N) is 1. The van der Waals surface area contributed by atoms with Gasteiger partial charge >= 0.3 is 0 Å². The van der Waals surface area contributed by atoms with E-state index in [0.717, 1.165) is 30.5 Å². The van der Waals surface area contributed by atoms with Crippen LogP contribution < -0.4 is 5.32 Å². The first-order valence-corrected chi connectivity index (χ1v) is 6.30. The predicted octanol–water partition coefficient (Wildman–Crippen LogP) is 2.26. The number of aromatic nitrogens is 3. The molecule has 17 heavy (non-hydrogen) atoms. The lowest BCUT2D eigenvalue weighted by atomic mass is 10.1. The standard InChI is InChI=1S/C13H20N4/c1-3-6-11(2)9-14-10-13-16-15-12-7-4-5-8-17(12)13/h4-5,7-8,11,14H,3,6,9-10H2,1-2H3/t11-/m0/s1. The van der Waals surface area contributed by atoms with Gasteiger partial charge in [0.1, 0.15) is 0 Å². The summed E-state index contributed by atoms with van der Waals surface area (Å²) in [5, 5.41) is 11.8. The third kappa shape index (κ3) is 3.03. The first-order valence-electron chi connectivity index (χ1n) is 6.30. The third-order valence-corrected chi connectivity index (χ3v) is 2.94. The van der Waals surface area contributed by atoms with Crippen LogP contribution in [0.5, 0.6) is 0 Å². The third-order valence-electron chi connectivity index (χ3n) is 2.94. The molecular weight excluding hydrogens is 212 g/mol. The molecule has 2 aromatic rings.